The van der Waals surface area contributed by atoms with Gasteiger partial charge in [0, 0.05) is 10.9 Å². The van der Waals surface area contributed by atoms with Crippen molar-refractivity contribution in [2.24, 2.45) is 0 Å². The van der Waals surface area contributed by atoms with Crippen LogP contribution in [0.2, 0.25) is 0 Å². The van der Waals surface area contributed by atoms with Crippen molar-refractivity contribution in [1.29, 1.82) is 0 Å². The summed E-state index contributed by atoms with van der Waals surface area (Å²) in [5, 5.41) is 11.0. The molecule has 0 aliphatic rings. The first-order chi connectivity index (χ1) is 6.77. The van der Waals surface area contributed by atoms with Crippen molar-refractivity contribution < 1.29 is 9.90 Å². The van der Waals surface area contributed by atoms with Crippen LogP contribution in [0, 0.1) is 0 Å². The highest BCUT2D eigenvalue weighted by molar-refractivity contribution is 7.13. The van der Waals surface area contributed by atoms with E-state index in [4.69, 9.17) is 5.11 Å². The summed E-state index contributed by atoms with van der Waals surface area (Å²) < 4.78 is 0. The van der Waals surface area contributed by atoms with Gasteiger partial charge in [0.2, 0.25) is 0 Å². The predicted octanol–water partition coefficient (Wildman–Crippen LogP) is 2.93. The van der Waals surface area contributed by atoms with Crippen LogP contribution in [0.5, 0.6) is 0 Å². The molecule has 3 nitrogen and oxygen atoms in total. The molecule has 0 amide bonds. The summed E-state index contributed by atoms with van der Waals surface area (Å²) in [4.78, 5) is 14.6. The van der Waals surface area contributed by atoms with E-state index < -0.39 is 5.97 Å². The Morgan fingerprint density at radius 2 is 1.93 bits per heavy atom. The molecule has 15 heavy (non-hydrogen) atoms. The van der Waals surface area contributed by atoms with Crippen LogP contribution in [-0.4, -0.2) is 16.1 Å². The van der Waals surface area contributed by atoms with Crippen molar-refractivity contribution in [2.75, 3.05) is 0 Å². The SMILES string of the molecule is Cl.O=C(O)c1csc(-c2ccccc2)n1. The second-order valence-electron chi connectivity index (χ2n) is 2.71. The van der Waals surface area contributed by atoms with Crippen LogP contribution in [0.1, 0.15) is 10.5 Å². The summed E-state index contributed by atoms with van der Waals surface area (Å²) in [5.74, 6) is -0.983. The maximum Gasteiger partial charge on any atom is 0.355 e. The maximum atomic E-state index is 10.6. The molecule has 5 heteroatoms. The standard InChI is InChI=1S/C10H7NO2S.ClH/c12-10(13)8-6-14-9(11-8)7-4-2-1-3-5-7;/h1-6H,(H,12,13);1H. The Labute approximate surface area is 96.8 Å². The Bertz CT molecular complexity index is 455. The van der Waals surface area contributed by atoms with Crippen LogP contribution in [0.25, 0.3) is 10.6 Å². The van der Waals surface area contributed by atoms with E-state index in [1.165, 1.54) is 11.3 Å². The van der Waals surface area contributed by atoms with Gasteiger partial charge >= 0.3 is 5.97 Å². The lowest BCUT2D eigenvalue weighted by Crippen LogP contribution is -1.95. The van der Waals surface area contributed by atoms with Crippen LogP contribution in [0.4, 0.5) is 0 Å². The average Bonchev–Trinajstić information content (AvgIpc) is 2.68. The third-order valence-electron chi connectivity index (χ3n) is 1.74. The summed E-state index contributed by atoms with van der Waals surface area (Å²) in [7, 11) is 0. The fourth-order valence-corrected chi connectivity index (χ4v) is 1.89. The minimum Gasteiger partial charge on any atom is -0.476 e. The van der Waals surface area contributed by atoms with E-state index in [2.05, 4.69) is 4.98 Å². The molecule has 1 N–H and O–H groups in total. The Morgan fingerprint density at radius 1 is 1.27 bits per heavy atom. The molecular formula is C10H8ClNO2S. The zero-order valence-corrected chi connectivity index (χ0v) is 9.22. The van der Waals surface area contributed by atoms with Gasteiger partial charge in [-0.3, -0.25) is 0 Å². The van der Waals surface area contributed by atoms with E-state index in [1.54, 1.807) is 5.38 Å². The summed E-state index contributed by atoms with van der Waals surface area (Å²) in [5.41, 5.74) is 1.05. The van der Waals surface area contributed by atoms with Crippen molar-refractivity contribution in [1.82, 2.24) is 4.98 Å². The summed E-state index contributed by atoms with van der Waals surface area (Å²) in [6, 6.07) is 9.53. The zero-order chi connectivity index (χ0) is 9.97. The van der Waals surface area contributed by atoms with Gasteiger partial charge in [0.25, 0.3) is 0 Å². The molecule has 1 aromatic carbocycles. The second kappa shape index (κ2) is 4.91. The van der Waals surface area contributed by atoms with Crippen LogP contribution < -0.4 is 0 Å². The Kier molecular flexibility index (Phi) is 3.82. The molecule has 2 rings (SSSR count). The van der Waals surface area contributed by atoms with Crippen molar-refractivity contribution in [3.63, 3.8) is 0 Å². The highest BCUT2D eigenvalue weighted by Gasteiger charge is 2.09. The molecule has 0 saturated heterocycles. The molecular weight excluding hydrogens is 234 g/mol. The highest BCUT2D eigenvalue weighted by Crippen LogP contribution is 2.22. The largest absolute Gasteiger partial charge is 0.476 e. The fourth-order valence-electron chi connectivity index (χ4n) is 1.09. The van der Waals surface area contributed by atoms with Crippen molar-refractivity contribution in [3.8, 4) is 10.6 Å². The number of hydrogen-bond donors (Lipinski definition) is 1. The van der Waals surface area contributed by atoms with Crippen molar-refractivity contribution in [3.05, 3.63) is 41.4 Å². The minimum absolute atomic E-state index is 0. The number of carbonyl (C=O) groups is 1. The van der Waals surface area contributed by atoms with E-state index >= 15 is 0 Å². The van der Waals surface area contributed by atoms with Gasteiger partial charge in [-0.15, -0.1) is 23.7 Å². The summed E-state index contributed by atoms with van der Waals surface area (Å²) in [6.07, 6.45) is 0. The number of carboxylic acid groups (broad SMARTS) is 1. The van der Waals surface area contributed by atoms with E-state index in [1.807, 2.05) is 30.3 Å². The third kappa shape index (κ3) is 2.55. The maximum absolute atomic E-state index is 10.6. The molecule has 0 atom stereocenters. The molecule has 0 aliphatic heterocycles. The van der Waals surface area contributed by atoms with Gasteiger partial charge in [-0.2, -0.15) is 0 Å². The quantitative estimate of drug-likeness (QED) is 0.880. The normalized spacial score (nSPS) is 9.33. The van der Waals surface area contributed by atoms with Crippen LogP contribution in [-0.2, 0) is 0 Å². The molecule has 0 unspecified atom stereocenters. The number of thiazole rings is 1. The van der Waals surface area contributed by atoms with E-state index in [0.29, 0.717) is 0 Å². The number of carboxylic acids is 1. The first-order valence-corrected chi connectivity index (χ1v) is 4.89. The van der Waals surface area contributed by atoms with Gasteiger partial charge in [0.1, 0.15) is 5.01 Å². The van der Waals surface area contributed by atoms with Gasteiger partial charge in [-0.25, -0.2) is 9.78 Å². The highest BCUT2D eigenvalue weighted by atomic mass is 35.5. The van der Waals surface area contributed by atoms with Gasteiger partial charge in [-0.1, -0.05) is 30.3 Å². The molecule has 1 aromatic heterocycles. The minimum atomic E-state index is -0.983. The van der Waals surface area contributed by atoms with Crippen LogP contribution in [0.3, 0.4) is 0 Å². The number of halogens is 1. The topological polar surface area (TPSA) is 50.2 Å². The Morgan fingerprint density at radius 3 is 2.47 bits per heavy atom. The molecule has 0 saturated carbocycles. The van der Waals surface area contributed by atoms with Gasteiger partial charge < -0.3 is 5.11 Å². The number of benzene rings is 1. The number of hydrogen-bond acceptors (Lipinski definition) is 3. The molecule has 0 radical (unpaired) electrons. The number of nitrogens with zero attached hydrogens (tertiary/aromatic N) is 1. The molecule has 0 spiro atoms. The average molecular weight is 242 g/mol. The van der Waals surface area contributed by atoms with Gasteiger partial charge in [0.15, 0.2) is 5.69 Å². The number of aromatic carboxylic acids is 1. The first-order valence-electron chi connectivity index (χ1n) is 4.01. The zero-order valence-electron chi connectivity index (χ0n) is 7.58. The van der Waals surface area contributed by atoms with Crippen LogP contribution in [0.15, 0.2) is 35.7 Å². The first kappa shape index (κ1) is 11.7. The molecule has 2 aromatic rings. The molecule has 0 bridgehead atoms. The van der Waals surface area contributed by atoms with Gasteiger partial charge in [0.05, 0.1) is 0 Å². The molecule has 0 aliphatic carbocycles. The second-order valence-corrected chi connectivity index (χ2v) is 3.57. The smallest absolute Gasteiger partial charge is 0.355 e. The fraction of sp³-hybridized carbons (Fsp3) is 0. The number of aromatic nitrogens is 1. The Hall–Kier alpha value is -1.39. The summed E-state index contributed by atoms with van der Waals surface area (Å²) in [6.45, 7) is 0. The van der Waals surface area contributed by atoms with E-state index in [-0.39, 0.29) is 18.1 Å². The lowest BCUT2D eigenvalue weighted by molar-refractivity contribution is 0.0691. The van der Waals surface area contributed by atoms with Gasteiger partial charge in [-0.05, 0) is 0 Å². The van der Waals surface area contributed by atoms with Crippen molar-refractivity contribution >= 4 is 29.7 Å². The Balaban J connectivity index is 0.00000112. The molecule has 0 fully saturated rings. The monoisotopic (exact) mass is 241 g/mol. The third-order valence-corrected chi connectivity index (χ3v) is 2.64. The van der Waals surface area contributed by atoms with Crippen molar-refractivity contribution in [2.45, 2.75) is 0 Å². The van der Waals surface area contributed by atoms with E-state index in [9.17, 15) is 4.79 Å². The lowest BCUT2D eigenvalue weighted by atomic mass is 10.2. The molecule has 1 heterocycles. The predicted molar refractivity (Wildman–Crippen MR) is 61.8 cm³/mol. The van der Waals surface area contributed by atoms with Crippen LogP contribution >= 0.6 is 23.7 Å². The summed E-state index contributed by atoms with van der Waals surface area (Å²) >= 11 is 1.34. The van der Waals surface area contributed by atoms with E-state index in [0.717, 1.165) is 10.6 Å². The number of rotatable bonds is 2. The molecule has 78 valence electrons. The lowest BCUT2D eigenvalue weighted by Gasteiger charge is -1.92.